The minimum absolute atomic E-state index is 0.0907. The summed E-state index contributed by atoms with van der Waals surface area (Å²) in [5.74, 6) is 0.767. The Morgan fingerprint density at radius 1 is 1.19 bits per heavy atom. The second-order valence-corrected chi connectivity index (χ2v) is 8.48. The highest BCUT2D eigenvalue weighted by atomic mass is 16.8. The maximum Gasteiger partial charge on any atom is 0.207 e. The van der Waals surface area contributed by atoms with E-state index in [1.807, 2.05) is 6.07 Å². The summed E-state index contributed by atoms with van der Waals surface area (Å²) >= 11 is 0. The fourth-order valence-electron chi connectivity index (χ4n) is 6.63. The van der Waals surface area contributed by atoms with Gasteiger partial charge in [-0.3, -0.25) is 0 Å². The molecule has 2 bridgehead atoms. The Kier molecular flexibility index (Phi) is 2.86. The summed E-state index contributed by atoms with van der Waals surface area (Å²) in [6, 6.07) is 4.23. The lowest BCUT2D eigenvalue weighted by molar-refractivity contribution is -0.295. The van der Waals surface area contributed by atoms with Gasteiger partial charge >= 0.3 is 0 Å². The molecule has 2 spiro atoms. The summed E-state index contributed by atoms with van der Waals surface area (Å²) in [6.07, 6.45) is 2.66. The van der Waals surface area contributed by atoms with Crippen molar-refractivity contribution >= 4 is 0 Å². The maximum atomic E-state index is 12.1. The molecule has 3 aliphatic heterocycles. The molecule has 0 radical (unpaired) electrons. The monoisotopic (exact) mass is 359 g/mol. The van der Waals surface area contributed by atoms with Gasteiger partial charge in [-0.25, -0.2) is 0 Å². The highest BCUT2D eigenvalue weighted by Gasteiger charge is 2.77. The number of fused-ring (bicyclic) bond motifs is 1. The predicted octanol–water partition coefficient (Wildman–Crippen LogP) is 1.22. The molecular formula is C20H25NO5. The van der Waals surface area contributed by atoms with Crippen LogP contribution in [0.5, 0.6) is 11.5 Å². The minimum atomic E-state index is -0.837. The second kappa shape index (κ2) is 4.73. The first-order valence-corrected chi connectivity index (χ1v) is 9.63. The van der Waals surface area contributed by atoms with E-state index in [1.165, 1.54) is 5.56 Å². The number of piperidine rings is 1. The molecule has 4 unspecified atom stereocenters. The number of likely N-dealkylation sites (N-methyl/N-ethyl adjacent to an activating group) is 1. The summed E-state index contributed by atoms with van der Waals surface area (Å²) in [7, 11) is 3.80. The van der Waals surface area contributed by atoms with Crippen LogP contribution in [-0.4, -0.2) is 67.5 Å². The third kappa shape index (κ3) is 1.48. The average molecular weight is 359 g/mol. The van der Waals surface area contributed by atoms with Crippen LogP contribution in [0.4, 0.5) is 0 Å². The number of rotatable bonds is 1. The van der Waals surface area contributed by atoms with Crippen molar-refractivity contribution < 1.29 is 24.1 Å². The van der Waals surface area contributed by atoms with Crippen LogP contribution in [0.25, 0.3) is 0 Å². The number of hydrogen-bond acceptors (Lipinski definition) is 6. The molecule has 1 saturated carbocycles. The van der Waals surface area contributed by atoms with E-state index in [0.29, 0.717) is 26.1 Å². The van der Waals surface area contributed by atoms with Gasteiger partial charge in [0, 0.05) is 18.0 Å². The van der Waals surface area contributed by atoms with Gasteiger partial charge in [0.15, 0.2) is 17.6 Å². The van der Waals surface area contributed by atoms with Crippen LogP contribution < -0.4 is 9.47 Å². The first kappa shape index (κ1) is 15.7. The van der Waals surface area contributed by atoms with E-state index >= 15 is 0 Å². The molecular weight excluding hydrogens is 334 g/mol. The molecule has 0 aromatic heterocycles. The zero-order valence-corrected chi connectivity index (χ0v) is 15.3. The Labute approximate surface area is 153 Å². The molecule has 140 valence electrons. The summed E-state index contributed by atoms with van der Waals surface area (Å²) in [5, 5.41) is 12.1. The first-order valence-electron chi connectivity index (χ1n) is 9.63. The zero-order valence-electron chi connectivity index (χ0n) is 15.3. The van der Waals surface area contributed by atoms with Gasteiger partial charge in [0.25, 0.3) is 0 Å². The van der Waals surface area contributed by atoms with Gasteiger partial charge in [0.2, 0.25) is 5.79 Å². The van der Waals surface area contributed by atoms with Crippen molar-refractivity contribution in [3.05, 3.63) is 23.3 Å². The molecule has 1 N–H and O–H groups in total. The van der Waals surface area contributed by atoms with E-state index in [0.717, 1.165) is 36.4 Å². The fraction of sp³-hybridized carbons (Fsp3) is 0.700. The normalized spacial score (nSPS) is 41.8. The lowest BCUT2D eigenvalue weighted by Crippen LogP contribution is -2.79. The molecule has 3 fully saturated rings. The molecule has 6 heteroatoms. The fourth-order valence-corrected chi connectivity index (χ4v) is 6.63. The molecule has 1 aromatic rings. The molecule has 6 nitrogen and oxygen atoms in total. The van der Waals surface area contributed by atoms with Crippen molar-refractivity contribution in [2.24, 2.45) is 0 Å². The average Bonchev–Trinajstić information content (AvgIpc) is 3.24. The summed E-state index contributed by atoms with van der Waals surface area (Å²) in [6.45, 7) is 2.09. The number of ether oxygens (including phenoxy) is 4. The van der Waals surface area contributed by atoms with Gasteiger partial charge in [0.1, 0.15) is 0 Å². The Bertz CT molecular complexity index is 791. The molecule has 26 heavy (non-hydrogen) atoms. The Balaban J connectivity index is 1.66. The quantitative estimate of drug-likeness (QED) is 0.814. The van der Waals surface area contributed by atoms with E-state index in [4.69, 9.17) is 18.9 Å². The molecule has 1 aromatic carbocycles. The second-order valence-electron chi connectivity index (χ2n) is 8.48. The summed E-state index contributed by atoms with van der Waals surface area (Å²) < 4.78 is 24.5. The van der Waals surface area contributed by atoms with E-state index in [2.05, 4.69) is 18.0 Å². The smallest absolute Gasteiger partial charge is 0.207 e. The Morgan fingerprint density at radius 3 is 2.77 bits per heavy atom. The van der Waals surface area contributed by atoms with Crippen molar-refractivity contribution in [2.75, 3.05) is 33.9 Å². The molecule has 2 aliphatic carbocycles. The molecule has 0 amide bonds. The van der Waals surface area contributed by atoms with Gasteiger partial charge in [0.05, 0.1) is 31.3 Å². The van der Waals surface area contributed by atoms with Crippen LogP contribution >= 0.6 is 0 Å². The van der Waals surface area contributed by atoms with Crippen molar-refractivity contribution in [1.82, 2.24) is 4.90 Å². The first-order chi connectivity index (χ1) is 12.6. The van der Waals surface area contributed by atoms with Gasteiger partial charge in [-0.1, -0.05) is 6.07 Å². The number of aliphatic hydroxyl groups is 1. The summed E-state index contributed by atoms with van der Waals surface area (Å²) in [4.78, 5) is 2.32. The third-order valence-corrected chi connectivity index (χ3v) is 7.72. The number of likely N-dealkylation sites (tertiary alicyclic amines) is 1. The number of hydrogen-bond donors (Lipinski definition) is 1. The predicted molar refractivity (Wildman–Crippen MR) is 92.6 cm³/mol. The van der Waals surface area contributed by atoms with Crippen molar-refractivity contribution in [3.8, 4) is 11.5 Å². The minimum Gasteiger partial charge on any atom is -0.493 e. The summed E-state index contributed by atoms with van der Waals surface area (Å²) in [5.41, 5.74) is 1.08. The van der Waals surface area contributed by atoms with Crippen molar-refractivity contribution in [3.63, 3.8) is 0 Å². The molecule has 2 saturated heterocycles. The topological polar surface area (TPSA) is 60.4 Å². The standard InChI is InChI=1S/C20H25NO5/c1-21-8-7-18-15-12-3-4-13(23-2)16(15)26-17(18)20(24-9-10-25-20)6-5-19(18,22)14(21)11-12/h3-4,14,17,22H,5-11H2,1-2H3. The lowest BCUT2D eigenvalue weighted by Gasteiger charge is -2.64. The molecule has 4 atom stereocenters. The van der Waals surface area contributed by atoms with Crippen LogP contribution in [0, 0.1) is 0 Å². The lowest BCUT2D eigenvalue weighted by atomic mass is 9.48. The highest BCUT2D eigenvalue weighted by molar-refractivity contribution is 5.63. The number of benzene rings is 1. The number of nitrogens with zero attached hydrogens (tertiary/aromatic N) is 1. The Hall–Kier alpha value is -1.34. The largest absolute Gasteiger partial charge is 0.493 e. The van der Waals surface area contributed by atoms with Gasteiger partial charge < -0.3 is 29.0 Å². The van der Waals surface area contributed by atoms with Crippen LogP contribution in [0.15, 0.2) is 12.1 Å². The highest BCUT2D eigenvalue weighted by Crippen LogP contribution is 2.67. The van der Waals surface area contributed by atoms with Crippen LogP contribution in [-0.2, 0) is 21.3 Å². The van der Waals surface area contributed by atoms with Crippen LogP contribution in [0.3, 0.4) is 0 Å². The zero-order chi connectivity index (χ0) is 17.7. The van der Waals surface area contributed by atoms with Crippen LogP contribution in [0.1, 0.15) is 30.4 Å². The van der Waals surface area contributed by atoms with Gasteiger partial charge in [-0.05, 0) is 44.5 Å². The van der Waals surface area contributed by atoms with Crippen molar-refractivity contribution in [2.45, 2.75) is 54.6 Å². The van der Waals surface area contributed by atoms with Gasteiger partial charge in [-0.2, -0.15) is 0 Å². The maximum absolute atomic E-state index is 12.1. The Morgan fingerprint density at radius 2 is 2.00 bits per heavy atom. The molecule has 3 heterocycles. The van der Waals surface area contributed by atoms with Crippen molar-refractivity contribution in [1.29, 1.82) is 0 Å². The third-order valence-electron chi connectivity index (χ3n) is 7.72. The van der Waals surface area contributed by atoms with Gasteiger partial charge in [-0.15, -0.1) is 0 Å². The van der Waals surface area contributed by atoms with E-state index in [1.54, 1.807) is 7.11 Å². The van der Waals surface area contributed by atoms with E-state index in [9.17, 15) is 5.11 Å². The van der Waals surface area contributed by atoms with E-state index < -0.39 is 16.8 Å². The van der Waals surface area contributed by atoms with E-state index in [-0.39, 0.29) is 12.1 Å². The number of methoxy groups -OCH3 is 1. The molecule has 5 aliphatic rings. The van der Waals surface area contributed by atoms with Crippen LogP contribution in [0.2, 0.25) is 0 Å². The molecule has 6 rings (SSSR count). The SMILES string of the molecule is COc1ccc2c3c1OC1C4(CCC5(O)C(C2)N(C)CCC315)OCCO4.